The van der Waals surface area contributed by atoms with Crippen LogP contribution in [0, 0.1) is 0 Å². The molecule has 0 bridgehead atoms. The third-order valence-corrected chi connectivity index (χ3v) is 3.20. The van der Waals surface area contributed by atoms with Crippen LogP contribution >= 0.6 is 27.5 Å². The van der Waals surface area contributed by atoms with Crippen molar-refractivity contribution in [1.82, 2.24) is 4.98 Å². The van der Waals surface area contributed by atoms with Crippen LogP contribution in [-0.4, -0.2) is 18.1 Å². The predicted octanol–water partition coefficient (Wildman–Crippen LogP) is 4.03. The highest BCUT2D eigenvalue weighted by Gasteiger charge is 2.08. The molecule has 6 heteroatoms. The molecule has 0 atom stereocenters. The van der Waals surface area contributed by atoms with Gasteiger partial charge in [-0.05, 0) is 30.3 Å². The number of anilines is 2. The monoisotopic (exact) mass is 340 g/mol. The number of carbonyl (C=O) groups is 1. The van der Waals surface area contributed by atoms with Crippen molar-refractivity contribution in [3.05, 3.63) is 51.6 Å². The second kappa shape index (κ2) is 6.04. The first-order valence-electron chi connectivity index (χ1n) is 5.36. The zero-order valence-electron chi connectivity index (χ0n) is 9.98. The van der Waals surface area contributed by atoms with E-state index < -0.39 is 5.97 Å². The van der Waals surface area contributed by atoms with Crippen LogP contribution in [0.1, 0.15) is 10.4 Å². The Bertz CT molecular complexity index is 619. The van der Waals surface area contributed by atoms with E-state index in [0.29, 0.717) is 22.1 Å². The summed E-state index contributed by atoms with van der Waals surface area (Å²) in [6.45, 7) is 0. The molecule has 2 rings (SSSR count). The van der Waals surface area contributed by atoms with Crippen LogP contribution in [0.15, 0.2) is 41.0 Å². The summed E-state index contributed by atoms with van der Waals surface area (Å²) in [4.78, 5) is 15.6. The number of ether oxygens (including phenoxy) is 1. The van der Waals surface area contributed by atoms with Crippen molar-refractivity contribution in [1.29, 1.82) is 0 Å². The maximum absolute atomic E-state index is 11.4. The van der Waals surface area contributed by atoms with Gasteiger partial charge in [0.05, 0.1) is 23.4 Å². The number of nitrogens with zero attached hydrogens (tertiary/aromatic N) is 1. The number of halogens is 2. The number of carbonyl (C=O) groups excluding carboxylic acids is 1. The number of methoxy groups -OCH3 is 1. The normalized spacial score (nSPS) is 10.1. The number of rotatable bonds is 3. The molecule has 1 N–H and O–H groups in total. The second-order valence-electron chi connectivity index (χ2n) is 3.67. The Kier molecular flexibility index (Phi) is 4.39. The largest absolute Gasteiger partial charge is 0.465 e. The van der Waals surface area contributed by atoms with Crippen molar-refractivity contribution in [3.8, 4) is 0 Å². The average molecular weight is 342 g/mol. The van der Waals surface area contributed by atoms with E-state index in [1.165, 1.54) is 13.3 Å². The van der Waals surface area contributed by atoms with Gasteiger partial charge in [-0.25, -0.2) is 9.78 Å². The molecule has 1 aromatic heterocycles. The third kappa shape index (κ3) is 3.45. The average Bonchev–Trinajstić information content (AvgIpc) is 2.42. The van der Waals surface area contributed by atoms with Gasteiger partial charge in [0.1, 0.15) is 5.82 Å². The SMILES string of the molecule is COC(=O)c1ccnc(Nc2cc(Br)ccc2Cl)c1. The molecule has 19 heavy (non-hydrogen) atoms. The van der Waals surface area contributed by atoms with E-state index in [4.69, 9.17) is 11.6 Å². The van der Waals surface area contributed by atoms with E-state index >= 15 is 0 Å². The van der Waals surface area contributed by atoms with Gasteiger partial charge in [-0.15, -0.1) is 0 Å². The van der Waals surface area contributed by atoms with Gasteiger partial charge < -0.3 is 10.1 Å². The molecule has 2 aromatic rings. The van der Waals surface area contributed by atoms with Crippen LogP contribution in [0.4, 0.5) is 11.5 Å². The van der Waals surface area contributed by atoms with Crippen LogP contribution in [0.5, 0.6) is 0 Å². The van der Waals surface area contributed by atoms with E-state index in [1.807, 2.05) is 12.1 Å². The lowest BCUT2D eigenvalue weighted by molar-refractivity contribution is 0.0600. The van der Waals surface area contributed by atoms with E-state index in [1.54, 1.807) is 18.2 Å². The Morgan fingerprint density at radius 1 is 1.37 bits per heavy atom. The van der Waals surface area contributed by atoms with Crippen LogP contribution in [0.25, 0.3) is 0 Å². The highest BCUT2D eigenvalue weighted by molar-refractivity contribution is 9.10. The van der Waals surface area contributed by atoms with Gasteiger partial charge in [-0.2, -0.15) is 0 Å². The predicted molar refractivity (Wildman–Crippen MR) is 78.0 cm³/mol. The van der Waals surface area contributed by atoms with Crippen molar-refractivity contribution in [2.75, 3.05) is 12.4 Å². The number of esters is 1. The topological polar surface area (TPSA) is 51.2 Å². The minimum Gasteiger partial charge on any atom is -0.465 e. The zero-order valence-corrected chi connectivity index (χ0v) is 12.3. The van der Waals surface area contributed by atoms with E-state index in [9.17, 15) is 4.79 Å². The van der Waals surface area contributed by atoms with Gasteiger partial charge in [-0.1, -0.05) is 27.5 Å². The summed E-state index contributed by atoms with van der Waals surface area (Å²) in [7, 11) is 1.33. The molecule has 0 aliphatic carbocycles. The number of aromatic nitrogens is 1. The highest BCUT2D eigenvalue weighted by Crippen LogP contribution is 2.28. The molecule has 0 radical (unpaired) electrons. The maximum atomic E-state index is 11.4. The lowest BCUT2D eigenvalue weighted by Crippen LogP contribution is -2.03. The van der Waals surface area contributed by atoms with Crippen molar-refractivity contribution in [2.45, 2.75) is 0 Å². The molecule has 4 nitrogen and oxygen atoms in total. The van der Waals surface area contributed by atoms with Crippen molar-refractivity contribution < 1.29 is 9.53 Å². The van der Waals surface area contributed by atoms with Gasteiger partial charge in [0.25, 0.3) is 0 Å². The van der Waals surface area contributed by atoms with Gasteiger partial charge in [-0.3, -0.25) is 0 Å². The first-order chi connectivity index (χ1) is 9.10. The molecule has 1 heterocycles. The Morgan fingerprint density at radius 2 is 2.16 bits per heavy atom. The van der Waals surface area contributed by atoms with Gasteiger partial charge >= 0.3 is 5.97 Å². The molecule has 0 saturated carbocycles. The number of hydrogen-bond acceptors (Lipinski definition) is 4. The highest BCUT2D eigenvalue weighted by atomic mass is 79.9. The Hall–Kier alpha value is -1.59. The minimum atomic E-state index is -0.411. The molecule has 98 valence electrons. The first kappa shape index (κ1) is 13.8. The number of hydrogen-bond donors (Lipinski definition) is 1. The quantitative estimate of drug-likeness (QED) is 0.857. The van der Waals surface area contributed by atoms with E-state index in [-0.39, 0.29) is 0 Å². The summed E-state index contributed by atoms with van der Waals surface area (Å²) in [5.41, 5.74) is 1.12. The number of benzene rings is 1. The zero-order chi connectivity index (χ0) is 13.8. The summed E-state index contributed by atoms with van der Waals surface area (Å²) >= 11 is 9.44. The summed E-state index contributed by atoms with van der Waals surface area (Å²) < 4.78 is 5.55. The standard InChI is InChI=1S/C13H10BrClN2O2/c1-19-13(18)8-4-5-16-12(6-8)17-11-7-9(14)2-3-10(11)15/h2-7H,1H3,(H,16,17). The maximum Gasteiger partial charge on any atom is 0.338 e. The molecule has 0 aliphatic heterocycles. The smallest absolute Gasteiger partial charge is 0.338 e. The fourth-order valence-electron chi connectivity index (χ4n) is 1.47. The molecule has 0 saturated heterocycles. The van der Waals surface area contributed by atoms with E-state index in [0.717, 1.165) is 4.47 Å². The molecule has 0 fully saturated rings. The summed E-state index contributed by atoms with van der Waals surface area (Å²) in [6.07, 6.45) is 1.53. The number of nitrogens with one attached hydrogen (secondary N) is 1. The first-order valence-corrected chi connectivity index (χ1v) is 6.53. The number of pyridine rings is 1. The fraction of sp³-hybridized carbons (Fsp3) is 0.0769. The minimum absolute atomic E-state index is 0.411. The van der Waals surface area contributed by atoms with Gasteiger partial charge in [0.15, 0.2) is 0 Å². The molecule has 1 aromatic carbocycles. The molecule has 0 amide bonds. The molecule has 0 unspecified atom stereocenters. The van der Waals surface area contributed by atoms with Crippen molar-refractivity contribution >= 4 is 45.0 Å². The lowest BCUT2D eigenvalue weighted by atomic mass is 10.2. The lowest BCUT2D eigenvalue weighted by Gasteiger charge is -2.09. The van der Waals surface area contributed by atoms with Crippen molar-refractivity contribution in [2.24, 2.45) is 0 Å². The molecule has 0 spiro atoms. The van der Waals surface area contributed by atoms with Gasteiger partial charge in [0, 0.05) is 10.7 Å². The van der Waals surface area contributed by atoms with Crippen molar-refractivity contribution in [3.63, 3.8) is 0 Å². The van der Waals surface area contributed by atoms with E-state index in [2.05, 4.69) is 31.0 Å². The summed E-state index contributed by atoms with van der Waals surface area (Å²) in [5, 5.41) is 3.61. The van der Waals surface area contributed by atoms with Crippen LogP contribution in [0.2, 0.25) is 5.02 Å². The van der Waals surface area contributed by atoms with Gasteiger partial charge in [0.2, 0.25) is 0 Å². The Morgan fingerprint density at radius 3 is 2.89 bits per heavy atom. The summed E-state index contributed by atoms with van der Waals surface area (Å²) in [5.74, 6) is 0.105. The molecular formula is C13H10BrClN2O2. The molecule has 0 aliphatic rings. The van der Waals surface area contributed by atoms with Crippen LogP contribution in [0.3, 0.4) is 0 Å². The Balaban J connectivity index is 2.28. The summed E-state index contributed by atoms with van der Waals surface area (Å²) in [6, 6.07) is 8.61. The fourth-order valence-corrected chi connectivity index (χ4v) is 2.00. The van der Waals surface area contributed by atoms with Crippen LogP contribution in [-0.2, 0) is 4.74 Å². The van der Waals surface area contributed by atoms with Crippen LogP contribution < -0.4 is 5.32 Å². The molecular weight excluding hydrogens is 332 g/mol. The third-order valence-electron chi connectivity index (χ3n) is 2.37. The Labute approximate surface area is 123 Å². The second-order valence-corrected chi connectivity index (χ2v) is 4.99.